The topological polar surface area (TPSA) is 78.4 Å². The lowest BCUT2D eigenvalue weighted by Gasteiger charge is -2.22. The molecule has 20 heavy (non-hydrogen) atoms. The maximum absolute atomic E-state index is 12.3. The van der Waals surface area contributed by atoms with E-state index >= 15 is 0 Å². The Labute approximate surface area is 113 Å². The normalized spacial score (nSPS) is 11.2. The van der Waals surface area contributed by atoms with Crippen LogP contribution in [0.1, 0.15) is 17.4 Å². The van der Waals surface area contributed by atoms with Gasteiger partial charge in [-0.15, -0.1) is 0 Å². The number of aliphatic hydroxyl groups excluding tert-OH is 1. The van der Waals surface area contributed by atoms with Gasteiger partial charge in [0.25, 0.3) is 5.91 Å². The van der Waals surface area contributed by atoms with Gasteiger partial charge < -0.3 is 15.3 Å². The van der Waals surface area contributed by atoms with Crippen molar-refractivity contribution in [3.05, 3.63) is 18.1 Å². The molecule has 0 saturated heterocycles. The molecule has 0 bridgehead atoms. The van der Waals surface area contributed by atoms with Gasteiger partial charge in [0, 0.05) is 13.1 Å². The minimum atomic E-state index is -4.54. The maximum Gasteiger partial charge on any atom is 0.406 e. The number of aliphatic hydroxyl groups is 1. The minimum Gasteiger partial charge on any atom is -0.395 e. The average molecular weight is 292 g/mol. The van der Waals surface area contributed by atoms with E-state index in [4.69, 9.17) is 5.11 Å². The van der Waals surface area contributed by atoms with Gasteiger partial charge in [-0.2, -0.15) is 13.2 Å². The number of carbonyl (C=O) groups excluding carboxylic acids is 1. The summed E-state index contributed by atoms with van der Waals surface area (Å²) in [7, 11) is 0. The van der Waals surface area contributed by atoms with Crippen LogP contribution in [0.4, 0.5) is 19.0 Å². The first-order valence-corrected chi connectivity index (χ1v) is 5.90. The Morgan fingerprint density at radius 1 is 1.40 bits per heavy atom. The molecule has 1 rings (SSSR count). The number of anilines is 1. The van der Waals surface area contributed by atoms with E-state index in [1.165, 1.54) is 6.20 Å². The summed E-state index contributed by atoms with van der Waals surface area (Å²) in [4.78, 5) is 20.0. The predicted octanol–water partition coefficient (Wildman–Crippen LogP) is 0.905. The number of hydrogen-bond acceptors (Lipinski definition) is 5. The highest BCUT2D eigenvalue weighted by Gasteiger charge is 2.33. The number of amides is 1. The number of carbonyl (C=O) groups is 1. The third kappa shape index (κ3) is 5.00. The van der Waals surface area contributed by atoms with E-state index in [1.54, 1.807) is 0 Å². The van der Waals surface area contributed by atoms with Crippen LogP contribution in [0.15, 0.2) is 12.4 Å². The number of nitrogens with zero attached hydrogens (tertiary/aromatic N) is 3. The fraction of sp³-hybridized carbons (Fsp3) is 0.545. The van der Waals surface area contributed by atoms with E-state index in [0.29, 0.717) is 17.3 Å². The lowest BCUT2D eigenvalue weighted by Crippen LogP contribution is -2.41. The second kappa shape index (κ2) is 7.04. The van der Waals surface area contributed by atoms with Gasteiger partial charge in [-0.1, -0.05) is 0 Å². The first kappa shape index (κ1) is 16.2. The second-order valence-electron chi connectivity index (χ2n) is 3.88. The molecule has 0 aliphatic rings. The molecule has 0 aliphatic carbocycles. The Balaban J connectivity index is 2.83. The number of hydrogen-bond donors (Lipinski definition) is 2. The van der Waals surface area contributed by atoms with Crippen molar-refractivity contribution in [1.82, 2.24) is 14.9 Å². The van der Waals surface area contributed by atoms with Gasteiger partial charge in [-0.3, -0.25) is 4.79 Å². The van der Waals surface area contributed by atoms with Gasteiger partial charge in [0.15, 0.2) is 0 Å². The summed E-state index contributed by atoms with van der Waals surface area (Å²) in [6.45, 7) is 0.0164. The first-order valence-electron chi connectivity index (χ1n) is 5.90. The van der Waals surface area contributed by atoms with Crippen LogP contribution < -0.4 is 5.32 Å². The summed E-state index contributed by atoms with van der Waals surface area (Å²) in [5.41, 5.74) is -0.204. The van der Waals surface area contributed by atoms with Gasteiger partial charge >= 0.3 is 6.18 Å². The average Bonchev–Trinajstić information content (AvgIpc) is 2.37. The van der Waals surface area contributed by atoms with Crippen LogP contribution in [-0.4, -0.2) is 58.3 Å². The maximum atomic E-state index is 12.3. The minimum absolute atomic E-state index is 0.204. The summed E-state index contributed by atoms with van der Waals surface area (Å²) in [6, 6.07) is 0. The molecular weight excluding hydrogens is 277 g/mol. The van der Waals surface area contributed by atoms with Crippen LogP contribution in [0.5, 0.6) is 0 Å². The molecule has 1 amide bonds. The molecule has 0 fully saturated rings. The molecule has 0 aliphatic heterocycles. The molecule has 1 heterocycles. The first-order chi connectivity index (χ1) is 9.37. The smallest absolute Gasteiger partial charge is 0.395 e. The van der Waals surface area contributed by atoms with Crippen molar-refractivity contribution in [1.29, 1.82) is 0 Å². The van der Waals surface area contributed by atoms with Crippen molar-refractivity contribution >= 4 is 11.7 Å². The van der Waals surface area contributed by atoms with E-state index < -0.39 is 31.8 Å². The third-order valence-electron chi connectivity index (χ3n) is 2.26. The molecule has 1 aromatic rings. The number of aromatic nitrogens is 2. The zero-order chi connectivity index (χ0) is 15.2. The van der Waals surface area contributed by atoms with Gasteiger partial charge in [-0.05, 0) is 6.92 Å². The van der Waals surface area contributed by atoms with E-state index in [2.05, 4.69) is 15.3 Å². The Morgan fingerprint density at radius 3 is 2.55 bits per heavy atom. The van der Waals surface area contributed by atoms with Crippen LogP contribution in [-0.2, 0) is 0 Å². The predicted molar refractivity (Wildman–Crippen MR) is 65.2 cm³/mol. The zero-order valence-electron chi connectivity index (χ0n) is 10.8. The van der Waals surface area contributed by atoms with E-state index in [0.717, 1.165) is 6.20 Å². The summed E-state index contributed by atoms with van der Waals surface area (Å²) in [5, 5.41) is 11.6. The quantitative estimate of drug-likeness (QED) is 0.814. The van der Waals surface area contributed by atoms with Crippen LogP contribution in [0.3, 0.4) is 0 Å². The monoisotopic (exact) mass is 292 g/mol. The molecule has 0 atom stereocenters. The molecule has 0 aromatic carbocycles. The van der Waals surface area contributed by atoms with Crippen LogP contribution >= 0.6 is 0 Å². The number of nitrogens with one attached hydrogen (secondary N) is 1. The summed E-state index contributed by atoms with van der Waals surface area (Å²) in [5.74, 6) is -0.500. The standard InChI is InChI=1S/C11H15F3N4O2/c1-2-15-9-6-16-8(5-17-9)10(20)18(3-4-19)7-11(12,13)14/h5-6,19H,2-4,7H2,1H3,(H,15,17). The lowest BCUT2D eigenvalue weighted by atomic mass is 10.3. The second-order valence-corrected chi connectivity index (χ2v) is 3.88. The van der Waals surface area contributed by atoms with Gasteiger partial charge in [0.05, 0.1) is 19.0 Å². The highest BCUT2D eigenvalue weighted by Crippen LogP contribution is 2.17. The van der Waals surface area contributed by atoms with Gasteiger partial charge in [0.2, 0.25) is 0 Å². The summed E-state index contributed by atoms with van der Waals surface area (Å²) < 4.78 is 37.0. The summed E-state index contributed by atoms with van der Waals surface area (Å²) >= 11 is 0. The largest absolute Gasteiger partial charge is 0.406 e. The molecule has 0 saturated carbocycles. The molecular formula is C11H15F3N4O2. The molecule has 0 radical (unpaired) electrons. The molecule has 0 spiro atoms. The Bertz CT molecular complexity index is 436. The molecule has 9 heteroatoms. The lowest BCUT2D eigenvalue weighted by molar-refractivity contribution is -0.141. The van der Waals surface area contributed by atoms with E-state index in [9.17, 15) is 18.0 Å². The van der Waals surface area contributed by atoms with Gasteiger partial charge in [-0.25, -0.2) is 9.97 Å². The van der Waals surface area contributed by atoms with E-state index in [1.807, 2.05) is 6.92 Å². The highest BCUT2D eigenvalue weighted by molar-refractivity contribution is 5.92. The van der Waals surface area contributed by atoms with Crippen molar-refractivity contribution < 1.29 is 23.1 Å². The third-order valence-corrected chi connectivity index (χ3v) is 2.26. The molecule has 0 unspecified atom stereocenters. The van der Waals surface area contributed by atoms with Crippen molar-refractivity contribution in [3.63, 3.8) is 0 Å². The molecule has 2 N–H and O–H groups in total. The zero-order valence-corrected chi connectivity index (χ0v) is 10.8. The van der Waals surface area contributed by atoms with E-state index in [-0.39, 0.29) is 5.69 Å². The Hall–Kier alpha value is -1.90. The highest BCUT2D eigenvalue weighted by atomic mass is 19.4. The van der Waals surface area contributed by atoms with Gasteiger partial charge in [0.1, 0.15) is 18.1 Å². The van der Waals surface area contributed by atoms with Crippen molar-refractivity contribution in [3.8, 4) is 0 Å². The van der Waals surface area contributed by atoms with Crippen molar-refractivity contribution in [2.75, 3.05) is 31.6 Å². The van der Waals surface area contributed by atoms with Crippen LogP contribution in [0.2, 0.25) is 0 Å². The molecule has 6 nitrogen and oxygen atoms in total. The number of alkyl halides is 3. The fourth-order valence-electron chi connectivity index (χ4n) is 1.46. The van der Waals surface area contributed by atoms with Crippen LogP contribution in [0.25, 0.3) is 0 Å². The van der Waals surface area contributed by atoms with Crippen molar-refractivity contribution in [2.24, 2.45) is 0 Å². The summed E-state index contributed by atoms with van der Waals surface area (Å²) in [6.07, 6.45) is -2.18. The van der Waals surface area contributed by atoms with Crippen LogP contribution in [0, 0.1) is 0 Å². The Morgan fingerprint density at radius 2 is 2.10 bits per heavy atom. The van der Waals surface area contributed by atoms with Crippen molar-refractivity contribution in [2.45, 2.75) is 13.1 Å². The molecule has 1 aromatic heterocycles. The number of rotatable bonds is 6. The fourth-order valence-corrected chi connectivity index (χ4v) is 1.46. The Kier molecular flexibility index (Phi) is 5.68. The molecule has 112 valence electrons. The SMILES string of the molecule is CCNc1cnc(C(=O)N(CCO)CC(F)(F)F)cn1. The number of halogens is 3.